The van der Waals surface area contributed by atoms with Crippen molar-refractivity contribution in [2.45, 2.75) is 27.7 Å². The van der Waals surface area contributed by atoms with Crippen molar-refractivity contribution in [3.8, 4) is 0 Å². The molecule has 6 nitrogen and oxygen atoms in total. The molecule has 4 amide bonds. The Balaban J connectivity index is 1.42. The monoisotopic (exact) mass is 910 g/mol. The number of aryl methyl sites for hydroxylation is 4. The van der Waals surface area contributed by atoms with E-state index in [2.05, 4.69) is 63.7 Å². The van der Waals surface area contributed by atoms with Gasteiger partial charge >= 0.3 is 0 Å². The molecule has 9 rings (SSSR count). The van der Waals surface area contributed by atoms with Gasteiger partial charge in [-0.3, -0.25) is 19.2 Å². The first-order valence-corrected chi connectivity index (χ1v) is 18.9. The van der Waals surface area contributed by atoms with E-state index >= 15 is 0 Å². The minimum absolute atomic E-state index is 0.400. The van der Waals surface area contributed by atoms with Gasteiger partial charge in [0.2, 0.25) is 0 Å². The van der Waals surface area contributed by atoms with Crippen LogP contribution in [-0.2, 0) is 0 Å². The molecule has 0 unspecified atom stereocenters. The van der Waals surface area contributed by atoms with Gasteiger partial charge in [0, 0.05) is 61.0 Å². The van der Waals surface area contributed by atoms with Crippen molar-refractivity contribution in [2.75, 3.05) is 9.80 Å². The van der Waals surface area contributed by atoms with Crippen LogP contribution in [0.1, 0.15) is 63.7 Å². The summed E-state index contributed by atoms with van der Waals surface area (Å²) in [4.78, 5) is 60.3. The number of rotatable bonds is 2. The zero-order valence-corrected chi connectivity index (χ0v) is 33.2. The number of anilines is 2. The highest BCUT2D eigenvalue weighted by atomic mass is 79.9. The number of hydrogen-bond donors (Lipinski definition) is 0. The summed E-state index contributed by atoms with van der Waals surface area (Å²) in [5, 5.41) is 5.61. The molecule has 0 saturated heterocycles. The van der Waals surface area contributed by atoms with Crippen LogP contribution in [0.5, 0.6) is 0 Å². The lowest BCUT2D eigenvalue weighted by molar-refractivity contribution is 0.0877. The molecule has 2 aliphatic heterocycles. The molecule has 244 valence electrons. The molecule has 7 aromatic carbocycles. The van der Waals surface area contributed by atoms with Crippen LogP contribution >= 0.6 is 63.7 Å². The van der Waals surface area contributed by atoms with Crippen molar-refractivity contribution < 1.29 is 19.2 Å². The maximum absolute atomic E-state index is 14.4. The molecule has 50 heavy (non-hydrogen) atoms. The molecule has 7 aromatic rings. The fraction of sp³-hybridized carbons (Fsp3) is 0.100. The van der Waals surface area contributed by atoms with E-state index in [-0.39, 0.29) is 0 Å². The van der Waals surface area contributed by atoms with E-state index in [1.165, 1.54) is 9.80 Å². The number of carbonyl (C=O) groups is 4. The number of para-hydroxylation sites is 2. The molecule has 0 saturated carbocycles. The van der Waals surface area contributed by atoms with E-state index in [1.807, 2.05) is 64.1 Å². The number of fused-ring (bicyclic) bond motifs is 2. The van der Waals surface area contributed by atoms with Gasteiger partial charge in [-0.1, -0.05) is 100 Å². The van der Waals surface area contributed by atoms with Gasteiger partial charge in [-0.2, -0.15) is 0 Å². The lowest BCUT2D eigenvalue weighted by Crippen LogP contribution is -2.41. The molecular formula is C40H22Br4N2O4. The zero-order valence-electron chi connectivity index (χ0n) is 26.8. The minimum atomic E-state index is -0.405. The highest BCUT2D eigenvalue weighted by molar-refractivity contribution is 9.11. The molecule has 0 aliphatic carbocycles. The fourth-order valence-electron chi connectivity index (χ4n) is 8.18. The lowest BCUT2D eigenvalue weighted by atomic mass is 9.82. The Morgan fingerprint density at radius 1 is 0.380 bits per heavy atom. The smallest absolute Gasteiger partial charge is 0.266 e. The largest absolute Gasteiger partial charge is 0.268 e. The summed E-state index contributed by atoms with van der Waals surface area (Å²) >= 11 is 15.3. The Hall–Kier alpha value is -3.96. The van der Waals surface area contributed by atoms with Gasteiger partial charge in [0.15, 0.2) is 0 Å². The summed E-state index contributed by atoms with van der Waals surface area (Å²) in [6.45, 7) is 7.58. The average Bonchev–Trinajstić information content (AvgIpc) is 3.06. The number of carbonyl (C=O) groups excluding carboxylic acids is 4. The van der Waals surface area contributed by atoms with Crippen LogP contribution in [0.2, 0.25) is 0 Å². The van der Waals surface area contributed by atoms with Gasteiger partial charge in [0.1, 0.15) is 0 Å². The zero-order chi connectivity index (χ0) is 35.2. The van der Waals surface area contributed by atoms with Crippen molar-refractivity contribution in [2.24, 2.45) is 0 Å². The SMILES string of the molecule is Cc1cccc(C)c1N1C(=O)c2cc(Br)c3c4c(Br)cc5c6c(cc(Br)c(c7c(Br)cc(c2c37)C1=O)c64)C(=O)N(c1c(C)cccc1C)C5=O. The van der Waals surface area contributed by atoms with Gasteiger partial charge in [0.05, 0.1) is 33.6 Å². The molecule has 2 heterocycles. The molecule has 0 N–H and O–H groups in total. The first-order valence-electron chi connectivity index (χ1n) is 15.7. The molecule has 0 fully saturated rings. The summed E-state index contributed by atoms with van der Waals surface area (Å²) in [6.07, 6.45) is 0. The number of halogens is 4. The second-order valence-corrected chi connectivity index (χ2v) is 16.4. The van der Waals surface area contributed by atoms with Crippen LogP contribution < -0.4 is 9.80 Å². The molecule has 0 spiro atoms. The van der Waals surface area contributed by atoms with E-state index in [0.29, 0.717) is 62.3 Å². The number of amides is 4. The first-order chi connectivity index (χ1) is 23.8. The first kappa shape index (κ1) is 32.0. The number of hydrogen-bond acceptors (Lipinski definition) is 4. The van der Waals surface area contributed by atoms with Crippen LogP contribution in [0.25, 0.3) is 43.1 Å². The van der Waals surface area contributed by atoms with E-state index in [1.54, 1.807) is 24.3 Å². The van der Waals surface area contributed by atoms with Gasteiger partial charge in [-0.25, -0.2) is 9.80 Å². The van der Waals surface area contributed by atoms with Crippen LogP contribution in [0, 0.1) is 27.7 Å². The highest BCUT2D eigenvalue weighted by Crippen LogP contribution is 2.54. The Morgan fingerprint density at radius 3 is 0.860 bits per heavy atom. The van der Waals surface area contributed by atoms with Gasteiger partial charge in [-0.05, 0) is 74.2 Å². The van der Waals surface area contributed by atoms with Crippen molar-refractivity contribution >= 4 is 142 Å². The van der Waals surface area contributed by atoms with Crippen LogP contribution in [0.4, 0.5) is 11.4 Å². The minimum Gasteiger partial charge on any atom is -0.268 e. The Morgan fingerprint density at radius 2 is 0.620 bits per heavy atom. The summed E-state index contributed by atoms with van der Waals surface area (Å²) in [5.74, 6) is -1.62. The van der Waals surface area contributed by atoms with E-state index in [4.69, 9.17) is 0 Å². The topological polar surface area (TPSA) is 74.8 Å². The normalized spacial score (nSPS) is 14.5. The second-order valence-electron chi connectivity index (χ2n) is 13.0. The predicted octanol–water partition coefficient (Wildman–Crippen LogP) is 11.6. The quantitative estimate of drug-likeness (QED) is 0.0984. The molecule has 0 radical (unpaired) electrons. The summed E-state index contributed by atoms with van der Waals surface area (Å²) in [7, 11) is 0. The maximum atomic E-state index is 14.4. The maximum Gasteiger partial charge on any atom is 0.266 e. The third kappa shape index (κ3) is 3.93. The van der Waals surface area contributed by atoms with Crippen LogP contribution in [-0.4, -0.2) is 23.6 Å². The summed E-state index contributed by atoms with van der Waals surface area (Å²) in [6, 6.07) is 18.5. The predicted molar refractivity (Wildman–Crippen MR) is 213 cm³/mol. The highest BCUT2D eigenvalue weighted by Gasteiger charge is 2.41. The van der Waals surface area contributed by atoms with Gasteiger partial charge in [-0.15, -0.1) is 0 Å². The standard InChI is InChI=1S/C40H22Br4N2O4/c1-15-7-5-8-16(2)35(15)45-37(47)19-11-23(41)29-31-25(43)13-21-28-22(40(50)46(39(21)49)36-17(3)9-6-10-18(36)4)14-26(44)32(34(28)31)30-24(42)12-20(38(45)48)27(19)33(29)30/h5-14H,1-4H3. The van der Waals surface area contributed by atoms with Crippen molar-refractivity contribution in [3.05, 3.63) is 123 Å². The van der Waals surface area contributed by atoms with Crippen LogP contribution in [0.3, 0.4) is 0 Å². The Kier molecular flexibility index (Phi) is 6.89. The van der Waals surface area contributed by atoms with E-state index in [9.17, 15) is 19.2 Å². The summed E-state index contributed by atoms with van der Waals surface area (Å²) < 4.78 is 2.57. The summed E-state index contributed by atoms with van der Waals surface area (Å²) in [5.41, 5.74) is 6.04. The number of benzene rings is 7. The number of imide groups is 2. The molecule has 2 aliphatic rings. The number of nitrogens with zero attached hydrogens (tertiary/aromatic N) is 2. The molecular weight excluding hydrogens is 892 g/mol. The average molecular weight is 914 g/mol. The van der Waals surface area contributed by atoms with Gasteiger partial charge < -0.3 is 0 Å². The molecule has 0 atom stereocenters. The lowest BCUT2D eigenvalue weighted by Gasteiger charge is -2.33. The second kappa shape index (κ2) is 10.8. The molecule has 10 heteroatoms. The molecule has 0 bridgehead atoms. The fourth-order valence-corrected chi connectivity index (χ4v) is 10.7. The Bertz CT molecular complexity index is 2480. The van der Waals surface area contributed by atoms with E-state index in [0.717, 1.165) is 54.6 Å². The third-order valence-electron chi connectivity index (χ3n) is 10.2. The Labute approximate surface area is 319 Å². The van der Waals surface area contributed by atoms with E-state index < -0.39 is 23.6 Å². The van der Waals surface area contributed by atoms with Crippen molar-refractivity contribution in [1.29, 1.82) is 0 Å². The van der Waals surface area contributed by atoms with Crippen molar-refractivity contribution in [3.63, 3.8) is 0 Å². The third-order valence-corrected chi connectivity index (χ3v) is 12.7. The van der Waals surface area contributed by atoms with Gasteiger partial charge in [0.25, 0.3) is 23.6 Å². The molecule has 0 aromatic heterocycles. The van der Waals surface area contributed by atoms with Crippen molar-refractivity contribution in [1.82, 2.24) is 0 Å². The van der Waals surface area contributed by atoms with Crippen LogP contribution in [0.15, 0.2) is 78.6 Å².